The van der Waals surface area contributed by atoms with E-state index in [1.54, 1.807) is 24.3 Å². The van der Waals surface area contributed by atoms with Gasteiger partial charge in [0.05, 0.1) is 17.5 Å². The number of hydrogen-bond donors (Lipinski definition) is 1. The molecule has 118 valence electrons. The van der Waals surface area contributed by atoms with Crippen molar-refractivity contribution in [3.63, 3.8) is 0 Å². The maximum absolute atomic E-state index is 12.6. The molecule has 4 rings (SSSR count). The summed E-state index contributed by atoms with van der Waals surface area (Å²) in [5, 5.41) is 8.59. The van der Waals surface area contributed by atoms with E-state index in [1.165, 1.54) is 4.90 Å². The third kappa shape index (κ3) is 2.05. The second-order valence-corrected chi connectivity index (χ2v) is 6.19. The minimum absolute atomic E-state index is 0.129. The molecule has 1 saturated carbocycles. The lowest BCUT2D eigenvalue weighted by atomic mass is 9.85. The third-order valence-electron chi connectivity index (χ3n) is 4.93. The Morgan fingerprint density at radius 2 is 1.65 bits per heavy atom. The maximum atomic E-state index is 12.6. The SMILES string of the molecule is O=C(O)COc1ccc(N2C(=O)[C@@H]3[C@H](C2=O)[C@H]2C=C[C@H]3C2)cc1. The van der Waals surface area contributed by atoms with Crippen molar-refractivity contribution in [2.75, 3.05) is 11.5 Å². The minimum atomic E-state index is -1.06. The lowest BCUT2D eigenvalue weighted by Gasteiger charge is -2.17. The van der Waals surface area contributed by atoms with Crippen molar-refractivity contribution in [3.05, 3.63) is 36.4 Å². The fourth-order valence-electron chi connectivity index (χ4n) is 3.99. The molecule has 0 unspecified atom stereocenters. The molecule has 1 saturated heterocycles. The molecule has 2 bridgehead atoms. The van der Waals surface area contributed by atoms with E-state index in [0.717, 1.165) is 6.42 Å². The first-order valence-corrected chi connectivity index (χ1v) is 7.57. The van der Waals surface area contributed by atoms with E-state index < -0.39 is 12.6 Å². The van der Waals surface area contributed by atoms with Crippen LogP contribution in [0, 0.1) is 23.7 Å². The van der Waals surface area contributed by atoms with Gasteiger partial charge in [0.15, 0.2) is 6.61 Å². The second kappa shape index (κ2) is 4.94. The Hall–Kier alpha value is -2.63. The van der Waals surface area contributed by atoms with Crippen LogP contribution in [0.5, 0.6) is 5.75 Å². The molecule has 0 aromatic heterocycles. The second-order valence-electron chi connectivity index (χ2n) is 6.19. The van der Waals surface area contributed by atoms with Crippen molar-refractivity contribution in [1.82, 2.24) is 0 Å². The van der Waals surface area contributed by atoms with Crippen LogP contribution < -0.4 is 9.64 Å². The molecule has 6 heteroatoms. The zero-order valence-corrected chi connectivity index (χ0v) is 12.2. The number of carboxylic acids is 1. The number of carboxylic acid groups (broad SMARTS) is 1. The van der Waals surface area contributed by atoms with E-state index in [4.69, 9.17) is 9.84 Å². The number of amides is 2. The first-order chi connectivity index (χ1) is 11.1. The van der Waals surface area contributed by atoms with Crippen LogP contribution in [0.3, 0.4) is 0 Å². The minimum Gasteiger partial charge on any atom is -0.482 e. The summed E-state index contributed by atoms with van der Waals surface area (Å²) in [5.74, 6) is -1.01. The number of imide groups is 1. The molecule has 1 N–H and O–H groups in total. The van der Waals surface area contributed by atoms with Crippen LogP contribution in [0.1, 0.15) is 6.42 Å². The normalized spacial score (nSPS) is 30.9. The van der Waals surface area contributed by atoms with E-state index in [1.807, 2.05) is 0 Å². The summed E-state index contributed by atoms with van der Waals surface area (Å²) < 4.78 is 5.06. The molecular formula is C17H15NO5. The number of carbonyl (C=O) groups is 3. The highest BCUT2D eigenvalue weighted by molar-refractivity contribution is 6.22. The average Bonchev–Trinajstić information content (AvgIpc) is 3.20. The molecule has 2 amide bonds. The van der Waals surface area contributed by atoms with Crippen LogP contribution in [0.25, 0.3) is 0 Å². The molecule has 2 fully saturated rings. The van der Waals surface area contributed by atoms with Gasteiger partial charge in [0.2, 0.25) is 11.8 Å². The largest absolute Gasteiger partial charge is 0.482 e. The Kier molecular flexibility index (Phi) is 3.01. The first-order valence-electron chi connectivity index (χ1n) is 7.57. The summed E-state index contributed by atoms with van der Waals surface area (Å²) in [6.07, 6.45) is 5.02. The molecule has 1 heterocycles. The van der Waals surface area contributed by atoms with Gasteiger partial charge in [-0.1, -0.05) is 12.2 Å². The van der Waals surface area contributed by atoms with Crippen molar-refractivity contribution < 1.29 is 24.2 Å². The Labute approximate surface area is 132 Å². The number of nitrogens with zero attached hydrogens (tertiary/aromatic N) is 1. The van der Waals surface area contributed by atoms with Crippen LogP contribution in [-0.4, -0.2) is 29.5 Å². The number of fused-ring (bicyclic) bond motifs is 5. The quantitative estimate of drug-likeness (QED) is 0.672. The molecule has 4 atom stereocenters. The molecule has 2 aliphatic carbocycles. The van der Waals surface area contributed by atoms with Gasteiger partial charge in [0, 0.05) is 0 Å². The Morgan fingerprint density at radius 3 is 2.17 bits per heavy atom. The number of benzene rings is 1. The van der Waals surface area contributed by atoms with Gasteiger partial charge in [-0.3, -0.25) is 14.5 Å². The van der Waals surface area contributed by atoms with Gasteiger partial charge in [-0.2, -0.15) is 0 Å². The van der Waals surface area contributed by atoms with Gasteiger partial charge in [-0.25, -0.2) is 4.79 Å². The van der Waals surface area contributed by atoms with Crippen molar-refractivity contribution in [3.8, 4) is 5.75 Å². The topological polar surface area (TPSA) is 83.9 Å². The van der Waals surface area contributed by atoms with E-state index in [0.29, 0.717) is 11.4 Å². The molecule has 3 aliphatic rings. The highest BCUT2D eigenvalue weighted by atomic mass is 16.5. The predicted octanol–water partition coefficient (Wildman–Crippen LogP) is 1.46. The van der Waals surface area contributed by atoms with Crippen molar-refractivity contribution in [2.45, 2.75) is 6.42 Å². The predicted molar refractivity (Wildman–Crippen MR) is 79.8 cm³/mol. The molecular weight excluding hydrogens is 298 g/mol. The van der Waals surface area contributed by atoms with Crippen LogP contribution in [0.4, 0.5) is 5.69 Å². The fourth-order valence-corrected chi connectivity index (χ4v) is 3.99. The first kappa shape index (κ1) is 14.0. The summed E-state index contributed by atoms with van der Waals surface area (Å²) in [5.41, 5.74) is 0.511. The number of allylic oxidation sites excluding steroid dienone is 2. The van der Waals surface area contributed by atoms with E-state index in [2.05, 4.69) is 12.2 Å². The lowest BCUT2D eigenvalue weighted by Crippen LogP contribution is -2.32. The zero-order chi connectivity index (χ0) is 16.1. The highest BCUT2D eigenvalue weighted by Crippen LogP contribution is 2.53. The Morgan fingerprint density at radius 1 is 1.09 bits per heavy atom. The zero-order valence-electron chi connectivity index (χ0n) is 12.2. The van der Waals surface area contributed by atoms with Crippen LogP contribution in [0.2, 0.25) is 0 Å². The third-order valence-corrected chi connectivity index (χ3v) is 4.93. The van der Waals surface area contributed by atoms with Gasteiger partial charge < -0.3 is 9.84 Å². The van der Waals surface area contributed by atoms with Crippen molar-refractivity contribution in [1.29, 1.82) is 0 Å². The van der Waals surface area contributed by atoms with Gasteiger partial charge in [0.25, 0.3) is 0 Å². The maximum Gasteiger partial charge on any atom is 0.341 e. The summed E-state index contributed by atoms with van der Waals surface area (Å²) >= 11 is 0. The van der Waals surface area contributed by atoms with Gasteiger partial charge in [-0.15, -0.1) is 0 Å². The average molecular weight is 313 g/mol. The molecule has 0 radical (unpaired) electrons. The van der Waals surface area contributed by atoms with Crippen LogP contribution in [0.15, 0.2) is 36.4 Å². The van der Waals surface area contributed by atoms with Gasteiger partial charge in [-0.05, 0) is 42.5 Å². The number of rotatable bonds is 4. The van der Waals surface area contributed by atoms with Crippen molar-refractivity contribution in [2.24, 2.45) is 23.7 Å². The Balaban J connectivity index is 1.56. The lowest BCUT2D eigenvalue weighted by molar-refractivity contribution is -0.139. The van der Waals surface area contributed by atoms with Crippen LogP contribution in [-0.2, 0) is 14.4 Å². The Bertz CT molecular complexity index is 693. The molecule has 1 aromatic rings. The standard InChI is InChI=1S/C17H15NO5/c19-13(20)8-23-12-5-3-11(4-6-12)18-16(21)14-9-1-2-10(7-9)15(14)17(18)22/h1-6,9-10,14-15H,7-8H2,(H,19,20)/t9-,10-,14-,15+/m0/s1. The van der Waals surface area contributed by atoms with Crippen LogP contribution >= 0.6 is 0 Å². The number of aliphatic carboxylic acids is 1. The van der Waals surface area contributed by atoms with Gasteiger partial charge >= 0.3 is 5.97 Å². The highest BCUT2D eigenvalue weighted by Gasteiger charge is 2.59. The summed E-state index contributed by atoms with van der Waals surface area (Å²) in [6.45, 7) is -0.430. The number of ether oxygens (including phenoxy) is 1. The van der Waals surface area contributed by atoms with Gasteiger partial charge in [0.1, 0.15) is 5.75 Å². The summed E-state index contributed by atoms with van der Waals surface area (Å²) in [7, 11) is 0. The molecule has 23 heavy (non-hydrogen) atoms. The molecule has 1 aromatic carbocycles. The molecule has 0 spiro atoms. The fraction of sp³-hybridized carbons (Fsp3) is 0.353. The van der Waals surface area contributed by atoms with E-state index in [-0.39, 0.29) is 35.5 Å². The van der Waals surface area contributed by atoms with Crippen molar-refractivity contribution >= 4 is 23.5 Å². The summed E-state index contributed by atoms with van der Waals surface area (Å²) in [6, 6.07) is 6.37. The molecule has 6 nitrogen and oxygen atoms in total. The summed E-state index contributed by atoms with van der Waals surface area (Å²) in [4.78, 5) is 37.1. The monoisotopic (exact) mass is 313 g/mol. The number of carbonyl (C=O) groups excluding carboxylic acids is 2. The smallest absolute Gasteiger partial charge is 0.341 e. The number of anilines is 1. The molecule has 1 aliphatic heterocycles. The van der Waals surface area contributed by atoms with E-state index >= 15 is 0 Å². The number of hydrogen-bond acceptors (Lipinski definition) is 4. The van der Waals surface area contributed by atoms with E-state index in [9.17, 15) is 14.4 Å².